The van der Waals surface area contributed by atoms with Crippen LogP contribution in [0.25, 0.3) is 11.4 Å². The van der Waals surface area contributed by atoms with Crippen molar-refractivity contribution in [3.8, 4) is 34.5 Å². The molecule has 4 rings (SSSR count). The van der Waals surface area contributed by atoms with Crippen molar-refractivity contribution in [2.75, 3.05) is 26.0 Å². The highest BCUT2D eigenvalue weighted by atomic mass is 32.2. The van der Waals surface area contributed by atoms with E-state index in [0.29, 0.717) is 11.3 Å². The lowest BCUT2D eigenvalue weighted by molar-refractivity contribution is 0.0958. The molecule has 0 aliphatic heterocycles. The third kappa shape index (κ3) is 5.62. The summed E-state index contributed by atoms with van der Waals surface area (Å²) in [7, 11) is 0.0958. The molecule has 1 aromatic carbocycles. The Kier molecular flexibility index (Phi) is 7.67. The van der Waals surface area contributed by atoms with Gasteiger partial charge in [-0.2, -0.15) is 13.4 Å². The van der Waals surface area contributed by atoms with Crippen molar-refractivity contribution in [1.29, 1.82) is 0 Å². The van der Waals surface area contributed by atoms with Gasteiger partial charge in [0, 0.05) is 25.0 Å². The molecule has 3 aromatic heterocycles. The number of aryl methyl sites for hydroxylation is 1. The Balaban J connectivity index is 1.88. The molecule has 1 amide bonds. The van der Waals surface area contributed by atoms with E-state index < -0.39 is 15.9 Å². The van der Waals surface area contributed by atoms with Gasteiger partial charge in [-0.25, -0.2) is 9.97 Å². The Labute approximate surface area is 219 Å². The summed E-state index contributed by atoms with van der Waals surface area (Å²) in [5.41, 5.74) is 1.29. The van der Waals surface area contributed by atoms with E-state index in [-0.39, 0.29) is 39.7 Å². The molecule has 38 heavy (non-hydrogen) atoms. The number of nitrogens with one attached hydrogen (secondary N) is 2. The van der Waals surface area contributed by atoms with Crippen LogP contribution in [0.1, 0.15) is 16.1 Å². The zero-order valence-corrected chi connectivity index (χ0v) is 21.7. The summed E-state index contributed by atoms with van der Waals surface area (Å²) in [6, 6.07) is 12.8. The molecule has 0 fully saturated rings. The van der Waals surface area contributed by atoms with Gasteiger partial charge in [0.15, 0.2) is 28.2 Å². The van der Waals surface area contributed by atoms with Crippen molar-refractivity contribution in [2.45, 2.75) is 11.9 Å². The van der Waals surface area contributed by atoms with Crippen LogP contribution in [0.5, 0.6) is 23.1 Å². The Morgan fingerprint density at radius 3 is 2.37 bits per heavy atom. The minimum Gasteiger partial charge on any atom is -0.493 e. The maximum absolute atomic E-state index is 13.3. The van der Waals surface area contributed by atoms with Gasteiger partial charge in [0.1, 0.15) is 5.69 Å². The summed E-state index contributed by atoms with van der Waals surface area (Å²) in [6.45, 7) is 1.79. The van der Waals surface area contributed by atoms with Gasteiger partial charge in [0.25, 0.3) is 21.8 Å². The molecule has 0 saturated heterocycles. The quantitative estimate of drug-likeness (QED) is 0.326. The zero-order chi connectivity index (χ0) is 27.3. The fourth-order valence-corrected chi connectivity index (χ4v) is 4.22. The number of hydrogen-bond acceptors (Lipinski definition) is 10. The van der Waals surface area contributed by atoms with E-state index in [2.05, 4.69) is 30.0 Å². The summed E-state index contributed by atoms with van der Waals surface area (Å²) in [5, 5.41) is 2.27. The third-order valence-corrected chi connectivity index (χ3v) is 6.43. The van der Waals surface area contributed by atoms with Crippen molar-refractivity contribution >= 4 is 21.7 Å². The average Bonchev–Trinajstić information content (AvgIpc) is 2.93. The number of carbonyl (C=O) groups excluding carboxylic acids is 1. The van der Waals surface area contributed by atoms with Gasteiger partial charge in [-0.3, -0.25) is 14.5 Å². The number of rotatable bonds is 9. The number of methoxy groups -OCH3 is 2. The Morgan fingerprint density at radius 1 is 0.947 bits per heavy atom. The van der Waals surface area contributed by atoms with Crippen LogP contribution in [0.3, 0.4) is 0 Å². The lowest BCUT2D eigenvalue weighted by atomic mass is 10.2. The molecule has 0 spiro atoms. The maximum atomic E-state index is 13.3. The smallest absolute Gasteiger partial charge is 0.280 e. The van der Waals surface area contributed by atoms with Crippen LogP contribution in [-0.4, -0.2) is 55.5 Å². The Bertz CT molecular complexity index is 1580. The van der Waals surface area contributed by atoms with Crippen LogP contribution in [-0.2, 0) is 10.0 Å². The Morgan fingerprint density at radius 2 is 1.71 bits per heavy atom. The van der Waals surface area contributed by atoms with Crippen LogP contribution in [0.15, 0.2) is 66.0 Å². The summed E-state index contributed by atoms with van der Waals surface area (Å²) in [4.78, 5) is 29.0. The van der Waals surface area contributed by atoms with Gasteiger partial charge >= 0.3 is 0 Å². The number of pyridine rings is 2. The van der Waals surface area contributed by atoms with E-state index in [1.807, 2.05) is 0 Å². The minimum atomic E-state index is -4.20. The molecule has 0 bridgehead atoms. The second kappa shape index (κ2) is 11.1. The van der Waals surface area contributed by atoms with Crippen molar-refractivity contribution in [3.63, 3.8) is 0 Å². The molecule has 0 radical (unpaired) electrons. The second-order valence-electron chi connectivity index (χ2n) is 7.78. The zero-order valence-electron chi connectivity index (χ0n) is 20.9. The largest absolute Gasteiger partial charge is 0.493 e. The van der Waals surface area contributed by atoms with E-state index in [1.165, 1.54) is 45.8 Å². The number of nitrogens with zero attached hydrogens (tertiary/aromatic N) is 4. The highest BCUT2D eigenvalue weighted by Gasteiger charge is 2.26. The lowest BCUT2D eigenvalue weighted by Gasteiger charge is -2.17. The fourth-order valence-electron chi connectivity index (χ4n) is 3.29. The van der Waals surface area contributed by atoms with Crippen LogP contribution in [0.2, 0.25) is 0 Å². The monoisotopic (exact) mass is 536 g/mol. The SMILES string of the molecule is CNC(=O)c1cc(-c2nc(NS(=O)(=O)c3ccc(C)cn3)c(Oc3ccccc3OC)c(OC)n2)ccn1. The number of sulfonamides is 1. The molecule has 13 heteroatoms. The highest BCUT2D eigenvalue weighted by molar-refractivity contribution is 7.92. The molecule has 3 heterocycles. The molecular formula is C25H24N6O6S. The minimum absolute atomic E-state index is 0.0522. The molecule has 4 aromatic rings. The number of amides is 1. The normalized spacial score (nSPS) is 10.9. The first-order valence-corrected chi connectivity index (χ1v) is 12.6. The first kappa shape index (κ1) is 26.3. The maximum Gasteiger partial charge on any atom is 0.280 e. The van der Waals surface area contributed by atoms with Crippen LogP contribution < -0.4 is 24.2 Å². The molecule has 12 nitrogen and oxygen atoms in total. The van der Waals surface area contributed by atoms with Gasteiger partial charge in [-0.15, -0.1) is 0 Å². The van der Waals surface area contributed by atoms with Crippen LogP contribution in [0.4, 0.5) is 5.82 Å². The van der Waals surface area contributed by atoms with Gasteiger partial charge < -0.3 is 19.5 Å². The molecule has 2 N–H and O–H groups in total. The first-order chi connectivity index (χ1) is 18.2. The van der Waals surface area contributed by atoms with E-state index in [0.717, 1.165) is 5.56 Å². The fraction of sp³-hybridized carbons (Fsp3) is 0.160. The van der Waals surface area contributed by atoms with E-state index in [1.54, 1.807) is 43.3 Å². The molecule has 0 aliphatic carbocycles. The molecule has 0 unspecified atom stereocenters. The van der Waals surface area contributed by atoms with Gasteiger partial charge in [-0.1, -0.05) is 18.2 Å². The number of benzene rings is 1. The first-order valence-electron chi connectivity index (χ1n) is 11.2. The Hall–Kier alpha value is -4.78. The summed E-state index contributed by atoms with van der Waals surface area (Å²) < 4.78 is 45.8. The number of anilines is 1. The standard InChI is InChI=1S/C25H24N6O6S/c1-15-9-10-20(28-14-15)38(33,34)31-23-21(37-19-8-6-5-7-18(19)35-3)25(36-4)30-22(29-23)16-11-12-27-17(13-16)24(32)26-2/h5-14H,1-4H3,(H,26,32)(H,29,30,31). The molecule has 0 saturated carbocycles. The summed E-state index contributed by atoms with van der Waals surface area (Å²) in [5.74, 6) is -0.122. The number of carbonyl (C=O) groups is 1. The van der Waals surface area contributed by atoms with E-state index >= 15 is 0 Å². The summed E-state index contributed by atoms with van der Waals surface area (Å²) >= 11 is 0. The lowest BCUT2D eigenvalue weighted by Crippen LogP contribution is -2.19. The molecule has 0 atom stereocenters. The van der Waals surface area contributed by atoms with E-state index in [9.17, 15) is 13.2 Å². The number of aromatic nitrogens is 4. The third-order valence-electron chi connectivity index (χ3n) is 5.18. The number of ether oxygens (including phenoxy) is 3. The average molecular weight is 537 g/mol. The van der Waals surface area contributed by atoms with Crippen LogP contribution >= 0.6 is 0 Å². The van der Waals surface area contributed by atoms with E-state index in [4.69, 9.17) is 14.2 Å². The van der Waals surface area contributed by atoms with Gasteiger partial charge in [-0.05, 0) is 42.8 Å². The van der Waals surface area contributed by atoms with Crippen molar-refractivity contribution in [3.05, 3.63) is 72.2 Å². The van der Waals surface area contributed by atoms with Crippen molar-refractivity contribution in [1.82, 2.24) is 25.3 Å². The molecule has 196 valence electrons. The number of para-hydroxylation sites is 2. The van der Waals surface area contributed by atoms with Crippen molar-refractivity contribution < 1.29 is 27.4 Å². The second-order valence-corrected chi connectivity index (χ2v) is 9.40. The predicted molar refractivity (Wildman–Crippen MR) is 138 cm³/mol. The van der Waals surface area contributed by atoms with Crippen molar-refractivity contribution in [2.24, 2.45) is 0 Å². The van der Waals surface area contributed by atoms with Gasteiger partial charge in [0.05, 0.1) is 14.2 Å². The summed E-state index contributed by atoms with van der Waals surface area (Å²) in [6.07, 6.45) is 2.85. The highest BCUT2D eigenvalue weighted by Crippen LogP contribution is 2.41. The number of hydrogen-bond donors (Lipinski definition) is 2. The molecule has 0 aliphatic rings. The van der Waals surface area contributed by atoms with Gasteiger partial charge in [0.2, 0.25) is 5.75 Å². The van der Waals surface area contributed by atoms with Crippen LogP contribution in [0, 0.1) is 6.92 Å². The predicted octanol–water partition coefficient (Wildman–Crippen LogP) is 3.21. The topological polar surface area (TPSA) is 155 Å². The molecular weight excluding hydrogens is 512 g/mol.